The van der Waals surface area contributed by atoms with Crippen LogP contribution in [0.25, 0.3) is 0 Å². The van der Waals surface area contributed by atoms with Gasteiger partial charge in [0.1, 0.15) is 11.5 Å². The third kappa shape index (κ3) is 3.06. The molecule has 4 heteroatoms. The van der Waals surface area contributed by atoms with Crippen LogP contribution in [-0.4, -0.2) is 24.2 Å². The van der Waals surface area contributed by atoms with Crippen molar-refractivity contribution in [3.05, 3.63) is 46.0 Å². The van der Waals surface area contributed by atoms with Gasteiger partial charge in [0, 0.05) is 46.0 Å². The van der Waals surface area contributed by atoms with Crippen LogP contribution in [0.1, 0.15) is 33.6 Å². The lowest BCUT2D eigenvalue weighted by atomic mass is 10.0. The maximum Gasteiger partial charge on any atom is 0.128 e. The summed E-state index contributed by atoms with van der Waals surface area (Å²) in [5.74, 6) is 1.85. The van der Waals surface area contributed by atoms with E-state index in [0.717, 1.165) is 58.0 Å². The number of hydrogen-bond acceptors (Lipinski definition) is 4. The van der Waals surface area contributed by atoms with Crippen LogP contribution in [-0.2, 0) is 12.8 Å². The lowest BCUT2D eigenvalue weighted by Crippen LogP contribution is -2.05. The van der Waals surface area contributed by atoms with Crippen LogP contribution in [0, 0.1) is 27.7 Å². The van der Waals surface area contributed by atoms with E-state index in [1.807, 2.05) is 26.2 Å². The van der Waals surface area contributed by atoms with Crippen molar-refractivity contribution in [1.82, 2.24) is 9.97 Å². The van der Waals surface area contributed by atoms with Crippen molar-refractivity contribution in [2.45, 2.75) is 40.5 Å². The van der Waals surface area contributed by atoms with Gasteiger partial charge in [0.05, 0.1) is 14.2 Å². The molecular formula is C18H24N2O2. The standard InChI is InChI=1S/C18H24N2O2/c1-11-9-19-15(13(3)17(11)21-5)7-8-16-14(4)18(22-6)12(2)10-20-16/h9-10H,7-8H2,1-6H3. The second-order valence-corrected chi connectivity index (χ2v) is 5.59. The van der Waals surface area contributed by atoms with Crippen molar-refractivity contribution in [2.75, 3.05) is 14.2 Å². The predicted molar refractivity (Wildman–Crippen MR) is 87.9 cm³/mol. The minimum Gasteiger partial charge on any atom is -0.496 e. The molecule has 2 aromatic heterocycles. The third-order valence-corrected chi connectivity index (χ3v) is 4.10. The number of ether oxygens (including phenoxy) is 2. The lowest BCUT2D eigenvalue weighted by molar-refractivity contribution is 0.406. The normalized spacial score (nSPS) is 10.6. The number of nitrogens with zero attached hydrogens (tertiary/aromatic N) is 2. The van der Waals surface area contributed by atoms with Crippen molar-refractivity contribution in [3.63, 3.8) is 0 Å². The molecule has 4 nitrogen and oxygen atoms in total. The van der Waals surface area contributed by atoms with Gasteiger partial charge in [0.25, 0.3) is 0 Å². The maximum absolute atomic E-state index is 5.47. The van der Waals surface area contributed by atoms with Crippen molar-refractivity contribution in [3.8, 4) is 11.5 Å². The van der Waals surface area contributed by atoms with Crippen molar-refractivity contribution in [1.29, 1.82) is 0 Å². The molecule has 118 valence electrons. The fraction of sp³-hybridized carbons (Fsp3) is 0.444. The Bertz CT molecular complexity index is 622. The molecule has 2 rings (SSSR count). The Morgan fingerprint density at radius 3 is 1.41 bits per heavy atom. The van der Waals surface area contributed by atoms with Crippen molar-refractivity contribution in [2.24, 2.45) is 0 Å². The van der Waals surface area contributed by atoms with E-state index in [1.54, 1.807) is 14.2 Å². The Morgan fingerprint density at radius 2 is 1.09 bits per heavy atom. The summed E-state index contributed by atoms with van der Waals surface area (Å²) in [7, 11) is 3.41. The molecule has 0 saturated heterocycles. The highest BCUT2D eigenvalue weighted by Gasteiger charge is 2.13. The number of aryl methyl sites for hydroxylation is 4. The van der Waals surface area contributed by atoms with E-state index in [4.69, 9.17) is 9.47 Å². The summed E-state index contributed by atoms with van der Waals surface area (Å²) in [5, 5.41) is 0. The minimum absolute atomic E-state index is 0.836. The van der Waals surface area contributed by atoms with Gasteiger partial charge in [-0.15, -0.1) is 0 Å². The molecule has 2 heterocycles. The highest BCUT2D eigenvalue weighted by atomic mass is 16.5. The topological polar surface area (TPSA) is 44.2 Å². The SMILES string of the molecule is COc1c(C)cnc(CCc2ncc(C)c(OC)c2C)c1C. The number of hydrogen-bond donors (Lipinski definition) is 0. The molecule has 2 aromatic rings. The van der Waals surface area contributed by atoms with Gasteiger partial charge in [-0.25, -0.2) is 0 Å². The smallest absolute Gasteiger partial charge is 0.128 e. The van der Waals surface area contributed by atoms with Crippen molar-refractivity contribution < 1.29 is 9.47 Å². The van der Waals surface area contributed by atoms with E-state index < -0.39 is 0 Å². The largest absolute Gasteiger partial charge is 0.496 e. The zero-order valence-electron chi connectivity index (χ0n) is 14.3. The number of pyridine rings is 2. The molecule has 0 spiro atoms. The Hall–Kier alpha value is -2.10. The number of methoxy groups -OCH3 is 2. The van der Waals surface area contributed by atoms with E-state index >= 15 is 0 Å². The van der Waals surface area contributed by atoms with Gasteiger partial charge >= 0.3 is 0 Å². The molecular weight excluding hydrogens is 276 g/mol. The molecule has 0 aliphatic carbocycles. The monoisotopic (exact) mass is 300 g/mol. The molecule has 0 unspecified atom stereocenters. The van der Waals surface area contributed by atoms with Gasteiger partial charge in [0.15, 0.2) is 0 Å². The van der Waals surface area contributed by atoms with Gasteiger partial charge in [-0.1, -0.05) is 0 Å². The van der Waals surface area contributed by atoms with E-state index in [2.05, 4.69) is 23.8 Å². The molecule has 0 aliphatic heterocycles. The molecule has 22 heavy (non-hydrogen) atoms. The molecule has 0 saturated carbocycles. The first-order chi connectivity index (χ1) is 10.5. The predicted octanol–water partition coefficient (Wildman–Crippen LogP) is 3.51. The summed E-state index contributed by atoms with van der Waals surface area (Å²) in [6.07, 6.45) is 5.42. The summed E-state index contributed by atoms with van der Waals surface area (Å²) < 4.78 is 10.9. The second-order valence-electron chi connectivity index (χ2n) is 5.59. The Morgan fingerprint density at radius 1 is 0.727 bits per heavy atom. The summed E-state index contributed by atoms with van der Waals surface area (Å²) >= 11 is 0. The first-order valence-corrected chi connectivity index (χ1v) is 7.47. The van der Waals surface area contributed by atoms with Crippen LogP contribution >= 0.6 is 0 Å². The van der Waals surface area contributed by atoms with E-state index in [0.29, 0.717) is 0 Å². The average molecular weight is 300 g/mol. The van der Waals surface area contributed by atoms with E-state index in [9.17, 15) is 0 Å². The summed E-state index contributed by atoms with van der Waals surface area (Å²) in [6.45, 7) is 8.15. The first kappa shape index (κ1) is 16.3. The quantitative estimate of drug-likeness (QED) is 0.847. The fourth-order valence-electron chi connectivity index (χ4n) is 2.88. The summed E-state index contributed by atoms with van der Waals surface area (Å²) in [5.41, 5.74) is 6.47. The Balaban J connectivity index is 2.24. The number of rotatable bonds is 5. The molecule has 0 N–H and O–H groups in total. The molecule has 0 bridgehead atoms. The molecule has 0 fully saturated rings. The third-order valence-electron chi connectivity index (χ3n) is 4.10. The Labute approximate surface area is 132 Å². The van der Waals surface area contributed by atoms with Crippen LogP contribution in [0.2, 0.25) is 0 Å². The summed E-state index contributed by atoms with van der Waals surface area (Å²) in [6, 6.07) is 0. The van der Waals surface area contributed by atoms with Crippen LogP contribution < -0.4 is 9.47 Å². The molecule has 0 radical (unpaired) electrons. The minimum atomic E-state index is 0.836. The van der Waals surface area contributed by atoms with Crippen LogP contribution in [0.15, 0.2) is 12.4 Å². The van der Waals surface area contributed by atoms with Gasteiger partial charge in [0.2, 0.25) is 0 Å². The molecule has 0 aliphatic rings. The highest BCUT2D eigenvalue weighted by Crippen LogP contribution is 2.27. The average Bonchev–Trinajstić information content (AvgIpc) is 2.49. The van der Waals surface area contributed by atoms with Crippen LogP contribution in [0.4, 0.5) is 0 Å². The maximum atomic E-state index is 5.47. The van der Waals surface area contributed by atoms with E-state index in [-0.39, 0.29) is 0 Å². The van der Waals surface area contributed by atoms with E-state index in [1.165, 1.54) is 0 Å². The molecule has 0 amide bonds. The van der Waals surface area contributed by atoms with Crippen LogP contribution in [0.3, 0.4) is 0 Å². The molecule has 0 atom stereocenters. The second kappa shape index (κ2) is 6.77. The fourth-order valence-corrected chi connectivity index (χ4v) is 2.88. The Kier molecular flexibility index (Phi) is 5.01. The molecule has 0 aromatic carbocycles. The van der Waals surface area contributed by atoms with Crippen LogP contribution in [0.5, 0.6) is 11.5 Å². The van der Waals surface area contributed by atoms with Gasteiger partial charge in [-0.05, 0) is 40.5 Å². The zero-order chi connectivity index (χ0) is 16.3. The van der Waals surface area contributed by atoms with Gasteiger partial charge in [-0.3, -0.25) is 9.97 Å². The van der Waals surface area contributed by atoms with Crippen molar-refractivity contribution >= 4 is 0 Å². The van der Waals surface area contributed by atoms with Gasteiger partial charge < -0.3 is 9.47 Å². The lowest BCUT2D eigenvalue weighted by Gasteiger charge is -2.14. The first-order valence-electron chi connectivity index (χ1n) is 7.47. The number of aromatic nitrogens is 2. The van der Waals surface area contributed by atoms with Gasteiger partial charge in [-0.2, -0.15) is 0 Å². The zero-order valence-corrected chi connectivity index (χ0v) is 14.3. The highest BCUT2D eigenvalue weighted by molar-refractivity contribution is 5.43. The summed E-state index contributed by atoms with van der Waals surface area (Å²) in [4.78, 5) is 9.10.